The molecule has 0 heterocycles. The van der Waals surface area contributed by atoms with Crippen molar-refractivity contribution in [2.45, 2.75) is 51.1 Å². The standard InChI is InChI=1S/C16H23FN2O3S/c1-12(16(20)18-14-6-4-3-5-7-14)19(23(2,21)22)15-10-8-13(17)9-11-15/h8-12,14H,3-7H2,1-2H3,(H,18,20). The van der Waals surface area contributed by atoms with Crippen LogP contribution in [0.2, 0.25) is 0 Å². The van der Waals surface area contributed by atoms with Gasteiger partial charge in [0.05, 0.1) is 11.9 Å². The van der Waals surface area contributed by atoms with Gasteiger partial charge in [-0.25, -0.2) is 12.8 Å². The van der Waals surface area contributed by atoms with Crippen molar-refractivity contribution in [2.24, 2.45) is 0 Å². The fourth-order valence-corrected chi connectivity index (χ4v) is 4.14. The van der Waals surface area contributed by atoms with Gasteiger partial charge in [-0.3, -0.25) is 9.10 Å². The molecule has 1 aromatic rings. The van der Waals surface area contributed by atoms with Gasteiger partial charge in [-0.2, -0.15) is 0 Å². The first-order valence-electron chi connectivity index (χ1n) is 7.84. The maximum absolute atomic E-state index is 13.1. The van der Waals surface area contributed by atoms with Gasteiger partial charge >= 0.3 is 0 Å². The topological polar surface area (TPSA) is 66.5 Å². The SMILES string of the molecule is CC(C(=O)NC1CCCCC1)N(c1ccc(F)cc1)S(C)(=O)=O. The van der Waals surface area contributed by atoms with Crippen LogP contribution in [0.5, 0.6) is 0 Å². The lowest BCUT2D eigenvalue weighted by Crippen LogP contribution is -2.50. The van der Waals surface area contributed by atoms with Crippen LogP contribution >= 0.6 is 0 Å². The molecule has 0 bridgehead atoms. The summed E-state index contributed by atoms with van der Waals surface area (Å²) in [5.74, 6) is -0.784. The number of anilines is 1. The van der Waals surface area contributed by atoms with Crippen LogP contribution in [0.25, 0.3) is 0 Å². The molecular weight excluding hydrogens is 319 g/mol. The van der Waals surface area contributed by atoms with Gasteiger partial charge in [0.15, 0.2) is 0 Å². The third kappa shape index (κ3) is 4.67. The maximum Gasteiger partial charge on any atom is 0.243 e. The largest absolute Gasteiger partial charge is 0.352 e. The number of sulfonamides is 1. The Labute approximate surface area is 136 Å². The molecular formula is C16H23FN2O3S. The first-order valence-corrected chi connectivity index (χ1v) is 9.69. The number of halogens is 1. The zero-order valence-corrected chi connectivity index (χ0v) is 14.3. The van der Waals surface area contributed by atoms with Crippen molar-refractivity contribution in [3.8, 4) is 0 Å². The summed E-state index contributed by atoms with van der Waals surface area (Å²) in [5, 5.41) is 2.93. The lowest BCUT2D eigenvalue weighted by Gasteiger charge is -2.30. The highest BCUT2D eigenvalue weighted by atomic mass is 32.2. The molecule has 2 rings (SSSR count). The summed E-state index contributed by atoms with van der Waals surface area (Å²) in [4.78, 5) is 12.4. The van der Waals surface area contributed by atoms with Crippen molar-refractivity contribution < 1.29 is 17.6 Å². The summed E-state index contributed by atoms with van der Waals surface area (Å²) >= 11 is 0. The Bertz CT molecular complexity index is 640. The van der Waals surface area contributed by atoms with E-state index in [0.717, 1.165) is 36.2 Å². The Morgan fingerprint density at radius 3 is 2.30 bits per heavy atom. The lowest BCUT2D eigenvalue weighted by atomic mass is 9.95. The molecule has 0 aromatic heterocycles. The number of carbonyl (C=O) groups is 1. The molecule has 1 aliphatic rings. The second-order valence-electron chi connectivity index (χ2n) is 6.05. The molecule has 1 aromatic carbocycles. The highest BCUT2D eigenvalue weighted by Gasteiger charge is 2.30. The van der Waals surface area contributed by atoms with E-state index in [1.807, 2.05) is 0 Å². The maximum atomic E-state index is 13.1. The van der Waals surface area contributed by atoms with Gasteiger partial charge in [0.25, 0.3) is 0 Å². The Morgan fingerprint density at radius 2 is 1.78 bits per heavy atom. The molecule has 0 aliphatic heterocycles. The van der Waals surface area contributed by atoms with E-state index >= 15 is 0 Å². The third-order valence-corrected chi connectivity index (χ3v) is 5.36. The minimum atomic E-state index is -3.67. The molecule has 128 valence electrons. The molecule has 1 N–H and O–H groups in total. The van der Waals surface area contributed by atoms with Crippen LogP contribution in [0.3, 0.4) is 0 Å². The zero-order valence-electron chi connectivity index (χ0n) is 13.5. The van der Waals surface area contributed by atoms with Gasteiger partial charge in [0.2, 0.25) is 15.9 Å². The smallest absolute Gasteiger partial charge is 0.243 e. The predicted molar refractivity (Wildman–Crippen MR) is 88.2 cm³/mol. The lowest BCUT2D eigenvalue weighted by molar-refractivity contribution is -0.122. The Morgan fingerprint density at radius 1 is 1.22 bits per heavy atom. The first kappa shape index (κ1) is 17.7. The summed E-state index contributed by atoms with van der Waals surface area (Å²) < 4.78 is 38.3. The van der Waals surface area contributed by atoms with Gasteiger partial charge in [-0.15, -0.1) is 0 Å². The second-order valence-corrected chi connectivity index (χ2v) is 7.91. The highest BCUT2D eigenvalue weighted by molar-refractivity contribution is 7.92. The molecule has 0 radical (unpaired) electrons. The Kier molecular flexibility index (Phi) is 5.62. The molecule has 1 amide bonds. The number of nitrogens with one attached hydrogen (secondary N) is 1. The quantitative estimate of drug-likeness (QED) is 0.894. The summed E-state index contributed by atoms with van der Waals surface area (Å²) in [5.41, 5.74) is 0.278. The van der Waals surface area contributed by atoms with Gasteiger partial charge in [0, 0.05) is 6.04 Å². The molecule has 0 spiro atoms. The number of hydrogen-bond acceptors (Lipinski definition) is 3. The van der Waals surface area contributed by atoms with Gasteiger partial charge in [-0.05, 0) is 44.0 Å². The van der Waals surface area contributed by atoms with E-state index in [9.17, 15) is 17.6 Å². The molecule has 1 saturated carbocycles. The van der Waals surface area contributed by atoms with E-state index in [-0.39, 0.29) is 17.6 Å². The van der Waals surface area contributed by atoms with Crippen molar-refractivity contribution in [1.82, 2.24) is 5.32 Å². The van der Waals surface area contributed by atoms with E-state index in [4.69, 9.17) is 0 Å². The highest BCUT2D eigenvalue weighted by Crippen LogP contribution is 2.22. The second kappa shape index (κ2) is 7.29. The number of hydrogen-bond donors (Lipinski definition) is 1. The summed E-state index contributed by atoms with van der Waals surface area (Å²) in [6.07, 6.45) is 6.22. The van der Waals surface area contributed by atoms with E-state index in [1.54, 1.807) is 6.92 Å². The van der Waals surface area contributed by atoms with Crippen molar-refractivity contribution in [2.75, 3.05) is 10.6 Å². The fraction of sp³-hybridized carbons (Fsp3) is 0.562. The van der Waals surface area contributed by atoms with Crippen molar-refractivity contribution in [1.29, 1.82) is 0 Å². The van der Waals surface area contributed by atoms with E-state index in [1.165, 1.54) is 30.7 Å². The summed E-state index contributed by atoms with van der Waals surface area (Å²) in [6.45, 7) is 1.54. The number of nitrogens with zero attached hydrogens (tertiary/aromatic N) is 1. The average Bonchev–Trinajstić information content (AvgIpc) is 2.49. The normalized spacial score (nSPS) is 17.5. The number of rotatable bonds is 5. The summed E-state index contributed by atoms with van der Waals surface area (Å²) in [7, 11) is -3.67. The average molecular weight is 342 g/mol. The van der Waals surface area contributed by atoms with E-state index in [2.05, 4.69) is 5.32 Å². The first-order chi connectivity index (χ1) is 10.8. The van der Waals surface area contributed by atoms with Crippen LogP contribution in [-0.4, -0.2) is 32.7 Å². The van der Waals surface area contributed by atoms with Gasteiger partial charge in [0.1, 0.15) is 11.9 Å². The van der Waals surface area contributed by atoms with Gasteiger partial charge < -0.3 is 5.32 Å². The molecule has 0 saturated heterocycles. The van der Waals surface area contributed by atoms with Crippen LogP contribution < -0.4 is 9.62 Å². The minimum absolute atomic E-state index is 0.105. The van der Waals surface area contributed by atoms with Crippen LogP contribution in [-0.2, 0) is 14.8 Å². The monoisotopic (exact) mass is 342 g/mol. The summed E-state index contributed by atoms with van der Waals surface area (Å²) in [6, 6.07) is 4.30. The molecule has 7 heteroatoms. The predicted octanol–water partition coefficient (Wildman–Crippen LogP) is 2.43. The van der Waals surface area contributed by atoms with Crippen molar-refractivity contribution in [3.63, 3.8) is 0 Å². The molecule has 1 unspecified atom stereocenters. The van der Waals surface area contributed by atoms with Crippen molar-refractivity contribution in [3.05, 3.63) is 30.1 Å². The number of amides is 1. The molecule has 1 aliphatic carbocycles. The van der Waals surface area contributed by atoms with Gasteiger partial charge in [-0.1, -0.05) is 19.3 Å². The molecule has 23 heavy (non-hydrogen) atoms. The van der Waals surface area contributed by atoms with Crippen LogP contribution in [0.15, 0.2) is 24.3 Å². The fourth-order valence-electron chi connectivity index (χ4n) is 2.97. The molecule has 1 atom stereocenters. The molecule has 1 fully saturated rings. The van der Waals surface area contributed by atoms with Crippen molar-refractivity contribution >= 4 is 21.6 Å². The number of benzene rings is 1. The van der Waals surface area contributed by atoms with E-state index < -0.39 is 21.9 Å². The Balaban J connectivity index is 2.17. The number of carbonyl (C=O) groups excluding carboxylic acids is 1. The van der Waals surface area contributed by atoms with E-state index in [0.29, 0.717) is 0 Å². The third-order valence-electron chi connectivity index (χ3n) is 4.12. The van der Waals surface area contributed by atoms with Crippen LogP contribution in [0.4, 0.5) is 10.1 Å². The van der Waals surface area contributed by atoms with Crippen LogP contribution in [0, 0.1) is 5.82 Å². The Hall–Kier alpha value is -1.63. The molecule has 5 nitrogen and oxygen atoms in total. The zero-order chi connectivity index (χ0) is 17.0. The van der Waals surface area contributed by atoms with Crippen LogP contribution in [0.1, 0.15) is 39.0 Å². The minimum Gasteiger partial charge on any atom is -0.352 e.